The van der Waals surface area contributed by atoms with E-state index in [9.17, 15) is 0 Å². The molecule has 10 rings (SSSR count). The molecule has 0 aliphatic heterocycles. The minimum absolute atomic E-state index is 1.11. The molecule has 0 heterocycles. The lowest BCUT2D eigenvalue weighted by molar-refractivity contribution is 1.30. The van der Waals surface area contributed by atoms with Gasteiger partial charge in [0.2, 0.25) is 0 Å². The van der Waals surface area contributed by atoms with Crippen LogP contribution < -0.4 is 4.90 Å². The fraction of sp³-hybridized carbons (Fsp3) is 0. The molecule has 53 heavy (non-hydrogen) atoms. The van der Waals surface area contributed by atoms with Crippen molar-refractivity contribution in [3.8, 4) is 33.4 Å². The van der Waals surface area contributed by atoms with E-state index < -0.39 is 0 Å². The quantitative estimate of drug-likeness (QED) is 0.159. The lowest BCUT2D eigenvalue weighted by atomic mass is 9.95. The van der Waals surface area contributed by atoms with Gasteiger partial charge in [0.05, 0.1) is 5.69 Å². The Balaban J connectivity index is 1.03. The predicted molar refractivity (Wildman–Crippen MR) is 227 cm³/mol. The van der Waals surface area contributed by atoms with Gasteiger partial charge in [0, 0.05) is 16.8 Å². The van der Waals surface area contributed by atoms with Crippen LogP contribution in [0.15, 0.2) is 212 Å². The first-order valence-corrected chi connectivity index (χ1v) is 18.3. The second-order valence-corrected chi connectivity index (χ2v) is 13.8. The first-order valence-electron chi connectivity index (χ1n) is 18.3. The second kappa shape index (κ2) is 13.0. The monoisotopic (exact) mass is 673 g/mol. The zero-order chi connectivity index (χ0) is 35.1. The van der Waals surface area contributed by atoms with Crippen LogP contribution in [0, 0.1) is 0 Å². The highest BCUT2D eigenvalue weighted by Crippen LogP contribution is 2.41. The Morgan fingerprint density at radius 2 is 0.717 bits per heavy atom. The van der Waals surface area contributed by atoms with Crippen molar-refractivity contribution >= 4 is 60.2 Å². The Morgan fingerprint density at radius 3 is 1.43 bits per heavy atom. The van der Waals surface area contributed by atoms with Gasteiger partial charge in [-0.05, 0) is 114 Å². The van der Waals surface area contributed by atoms with E-state index in [2.05, 4.69) is 217 Å². The van der Waals surface area contributed by atoms with Gasteiger partial charge in [0.1, 0.15) is 0 Å². The molecule has 0 aliphatic carbocycles. The lowest BCUT2D eigenvalue weighted by Crippen LogP contribution is -2.10. The molecule has 10 aromatic carbocycles. The van der Waals surface area contributed by atoms with E-state index in [1.165, 1.54) is 76.5 Å². The van der Waals surface area contributed by atoms with Gasteiger partial charge in [0.15, 0.2) is 0 Å². The molecule has 0 saturated carbocycles. The molecule has 0 radical (unpaired) electrons. The van der Waals surface area contributed by atoms with Gasteiger partial charge in [-0.2, -0.15) is 0 Å². The van der Waals surface area contributed by atoms with Crippen LogP contribution in [-0.4, -0.2) is 0 Å². The van der Waals surface area contributed by atoms with Gasteiger partial charge >= 0.3 is 0 Å². The van der Waals surface area contributed by atoms with Crippen LogP contribution in [-0.2, 0) is 0 Å². The summed E-state index contributed by atoms with van der Waals surface area (Å²) >= 11 is 0. The summed E-state index contributed by atoms with van der Waals surface area (Å²) in [5, 5.41) is 10.1. The Hall–Kier alpha value is -6.96. The largest absolute Gasteiger partial charge is 0.310 e. The number of hydrogen-bond acceptors (Lipinski definition) is 1. The first-order chi connectivity index (χ1) is 26.3. The minimum atomic E-state index is 1.11. The first kappa shape index (κ1) is 30.8. The van der Waals surface area contributed by atoms with Crippen LogP contribution in [0.1, 0.15) is 0 Å². The highest BCUT2D eigenvalue weighted by molar-refractivity contribution is 6.08. The molecule has 0 saturated heterocycles. The molecule has 0 atom stereocenters. The number of anilines is 3. The SMILES string of the molecule is c1cc(-c2ccc(N(c3ccc(-c4ccc5c(ccc6ccccc65)c4)cc3)c3cccc4ccccc34)cc2)cc(-c2cccc3ccccc23)c1. The Kier molecular flexibility index (Phi) is 7.55. The van der Waals surface area contributed by atoms with Crippen molar-refractivity contribution in [3.63, 3.8) is 0 Å². The van der Waals surface area contributed by atoms with E-state index in [4.69, 9.17) is 0 Å². The van der Waals surface area contributed by atoms with Crippen LogP contribution in [0.5, 0.6) is 0 Å². The van der Waals surface area contributed by atoms with Crippen molar-refractivity contribution in [1.82, 2.24) is 0 Å². The Labute approximate surface area is 309 Å². The summed E-state index contributed by atoms with van der Waals surface area (Å²) in [6.45, 7) is 0. The maximum Gasteiger partial charge on any atom is 0.0540 e. The maximum absolute atomic E-state index is 2.38. The molecule has 0 aromatic heterocycles. The van der Waals surface area contributed by atoms with E-state index in [0.29, 0.717) is 0 Å². The highest BCUT2D eigenvalue weighted by Gasteiger charge is 2.16. The Morgan fingerprint density at radius 1 is 0.245 bits per heavy atom. The second-order valence-electron chi connectivity index (χ2n) is 13.8. The van der Waals surface area contributed by atoms with Crippen molar-refractivity contribution in [2.45, 2.75) is 0 Å². The van der Waals surface area contributed by atoms with Gasteiger partial charge in [-0.3, -0.25) is 0 Å². The average Bonchev–Trinajstić information content (AvgIpc) is 3.24. The van der Waals surface area contributed by atoms with Crippen molar-refractivity contribution in [2.24, 2.45) is 0 Å². The number of benzene rings is 10. The van der Waals surface area contributed by atoms with Gasteiger partial charge in [-0.15, -0.1) is 0 Å². The van der Waals surface area contributed by atoms with Crippen LogP contribution in [0.2, 0.25) is 0 Å². The number of fused-ring (bicyclic) bond motifs is 5. The molecular weight excluding hydrogens is 639 g/mol. The number of hydrogen-bond donors (Lipinski definition) is 0. The number of nitrogens with zero attached hydrogens (tertiary/aromatic N) is 1. The molecule has 1 heteroatoms. The third kappa shape index (κ3) is 5.60. The summed E-state index contributed by atoms with van der Waals surface area (Å²) in [6.07, 6.45) is 0. The van der Waals surface area contributed by atoms with Gasteiger partial charge in [-0.25, -0.2) is 0 Å². The van der Waals surface area contributed by atoms with Gasteiger partial charge < -0.3 is 4.90 Å². The zero-order valence-corrected chi connectivity index (χ0v) is 29.2. The molecule has 0 unspecified atom stereocenters. The molecule has 0 spiro atoms. The molecule has 0 N–H and O–H groups in total. The molecule has 1 nitrogen and oxygen atoms in total. The number of rotatable bonds is 6. The molecule has 0 aliphatic rings. The smallest absolute Gasteiger partial charge is 0.0540 e. The van der Waals surface area contributed by atoms with Gasteiger partial charge in [-0.1, -0.05) is 170 Å². The summed E-state index contributed by atoms with van der Waals surface area (Å²) in [7, 11) is 0. The zero-order valence-electron chi connectivity index (χ0n) is 29.2. The summed E-state index contributed by atoms with van der Waals surface area (Å²) in [5.41, 5.74) is 10.7. The predicted octanol–water partition coefficient (Wildman–Crippen LogP) is 14.8. The van der Waals surface area contributed by atoms with Crippen molar-refractivity contribution < 1.29 is 0 Å². The van der Waals surface area contributed by atoms with Crippen LogP contribution in [0.25, 0.3) is 76.5 Å². The van der Waals surface area contributed by atoms with E-state index in [1.54, 1.807) is 0 Å². The maximum atomic E-state index is 2.38. The molecule has 10 aromatic rings. The summed E-state index contributed by atoms with van der Waals surface area (Å²) in [4.78, 5) is 2.38. The Bertz CT molecular complexity index is 2930. The van der Waals surface area contributed by atoms with Crippen LogP contribution in [0.3, 0.4) is 0 Å². The topological polar surface area (TPSA) is 3.24 Å². The molecule has 0 bridgehead atoms. The third-order valence-electron chi connectivity index (χ3n) is 10.6. The van der Waals surface area contributed by atoms with E-state index in [-0.39, 0.29) is 0 Å². The normalized spacial score (nSPS) is 11.4. The van der Waals surface area contributed by atoms with Crippen LogP contribution >= 0.6 is 0 Å². The van der Waals surface area contributed by atoms with Crippen molar-refractivity contribution in [1.29, 1.82) is 0 Å². The van der Waals surface area contributed by atoms with Crippen molar-refractivity contribution in [2.75, 3.05) is 4.90 Å². The molecule has 248 valence electrons. The van der Waals surface area contributed by atoms with E-state index in [1.807, 2.05) is 0 Å². The third-order valence-corrected chi connectivity index (χ3v) is 10.6. The molecule has 0 fully saturated rings. The van der Waals surface area contributed by atoms with Crippen molar-refractivity contribution in [3.05, 3.63) is 212 Å². The van der Waals surface area contributed by atoms with E-state index >= 15 is 0 Å². The fourth-order valence-electron chi connectivity index (χ4n) is 7.97. The lowest BCUT2D eigenvalue weighted by Gasteiger charge is -2.27. The van der Waals surface area contributed by atoms with E-state index in [0.717, 1.165) is 17.1 Å². The van der Waals surface area contributed by atoms with Gasteiger partial charge in [0.25, 0.3) is 0 Å². The summed E-state index contributed by atoms with van der Waals surface area (Å²) in [6, 6.07) is 77.2. The average molecular weight is 674 g/mol. The standard InChI is InChI=1S/C52H35N/c1-4-17-47-38(10-1)13-8-20-49(47)43-16-7-15-41(34-43)36-24-29-45(30-25-36)53(52-21-9-14-39-11-3-6-19-51(39)52)46-31-26-37(27-32-46)42-28-33-50-44(35-42)23-22-40-12-2-5-18-48(40)50/h1-35H. The fourth-order valence-corrected chi connectivity index (χ4v) is 7.97. The summed E-state index contributed by atoms with van der Waals surface area (Å²) < 4.78 is 0. The highest BCUT2D eigenvalue weighted by atomic mass is 15.1. The molecule has 0 amide bonds. The van der Waals surface area contributed by atoms with Crippen LogP contribution in [0.4, 0.5) is 17.1 Å². The summed E-state index contributed by atoms with van der Waals surface area (Å²) in [5.74, 6) is 0. The molecular formula is C52H35N. The minimum Gasteiger partial charge on any atom is -0.310 e.